The molecule has 0 aromatic carbocycles. The van der Waals surface area contributed by atoms with Gasteiger partial charge in [0, 0.05) is 24.0 Å². The molecular weight excluding hydrogens is 376 g/mol. The van der Waals surface area contributed by atoms with Crippen LogP contribution in [0.4, 0.5) is 0 Å². The highest BCUT2D eigenvalue weighted by atomic mass is 16.4. The molecule has 0 spiro atoms. The van der Waals surface area contributed by atoms with Gasteiger partial charge in [-0.25, -0.2) is 9.69 Å². The van der Waals surface area contributed by atoms with Crippen molar-refractivity contribution in [3.63, 3.8) is 0 Å². The third-order valence-electron chi connectivity index (χ3n) is 7.02. The maximum atomic E-state index is 11.5. The van der Waals surface area contributed by atoms with Crippen LogP contribution in [0.25, 0.3) is 0 Å². The molecule has 0 saturated carbocycles. The summed E-state index contributed by atoms with van der Waals surface area (Å²) in [6.07, 6.45) is 17.3. The maximum Gasteiger partial charge on any atom is 0.345 e. The van der Waals surface area contributed by atoms with Crippen LogP contribution in [0.2, 0.25) is 0 Å². The van der Waals surface area contributed by atoms with Crippen molar-refractivity contribution < 1.29 is 19.6 Å². The van der Waals surface area contributed by atoms with Crippen LogP contribution < -0.4 is 0 Å². The second-order valence-electron chi connectivity index (χ2n) is 9.35. The molecule has 5 nitrogen and oxygen atoms in total. The molecule has 2 rings (SSSR count). The van der Waals surface area contributed by atoms with Crippen molar-refractivity contribution in [2.45, 2.75) is 116 Å². The number of carbonyl (C=O) groups is 1. The molecule has 2 N–H and O–H groups in total. The fraction of sp³-hybridized carbons (Fsp3) is 0.840. The topological polar surface area (TPSA) is 63.8 Å². The van der Waals surface area contributed by atoms with Crippen molar-refractivity contribution in [1.29, 1.82) is 0 Å². The van der Waals surface area contributed by atoms with E-state index in [1.54, 1.807) is 0 Å². The molecule has 5 heteroatoms. The molecule has 2 heterocycles. The maximum absolute atomic E-state index is 11.5. The lowest BCUT2D eigenvalue weighted by Crippen LogP contribution is -2.54. The Hall–Kier alpha value is -1.36. The number of aliphatic hydroxyl groups is 1. The monoisotopic (exact) mass is 421 g/mol. The third-order valence-corrected chi connectivity index (χ3v) is 7.02. The Bertz CT molecular complexity index is 626. The Kier molecular flexibility index (Phi) is 10.4. The van der Waals surface area contributed by atoms with Crippen LogP contribution in [0, 0.1) is 0 Å². The van der Waals surface area contributed by atoms with Gasteiger partial charge in [-0.15, -0.1) is 0 Å². The standard InChI is InChI=1S/C25H44N2O3/c1-4-5-6-7-8-9-10-11-12-13-14-15-17-25(30)22(3)21(2)24-26(20-23(28)29)18-16-19-27(24)25/h30H,4-20H2,1-3H3/p+1. The first-order chi connectivity index (χ1) is 14.4. The van der Waals surface area contributed by atoms with Crippen LogP contribution in [-0.4, -0.2) is 56.9 Å². The molecule has 2 aliphatic rings. The van der Waals surface area contributed by atoms with Gasteiger partial charge in [-0.1, -0.05) is 77.6 Å². The van der Waals surface area contributed by atoms with Gasteiger partial charge >= 0.3 is 5.97 Å². The zero-order valence-electron chi connectivity index (χ0n) is 19.7. The number of fused-ring (bicyclic) bond motifs is 1. The SMILES string of the molecule is CCCCCCCCCCCCCCC1(O)C(C)=C(C)C2=[N+](CC(=O)O)CCCN21. The van der Waals surface area contributed by atoms with Crippen molar-refractivity contribution in [1.82, 2.24) is 4.90 Å². The van der Waals surface area contributed by atoms with Gasteiger partial charge in [0.25, 0.3) is 5.84 Å². The first kappa shape index (κ1) is 24.9. The zero-order valence-corrected chi connectivity index (χ0v) is 19.7. The Labute approximate surface area is 183 Å². The van der Waals surface area contributed by atoms with Crippen LogP contribution in [0.1, 0.15) is 111 Å². The molecule has 30 heavy (non-hydrogen) atoms. The number of carboxylic acids is 1. The van der Waals surface area contributed by atoms with Crippen LogP contribution in [-0.2, 0) is 4.79 Å². The summed E-state index contributed by atoms with van der Waals surface area (Å²) < 4.78 is 1.92. The van der Waals surface area contributed by atoms with E-state index in [1.807, 2.05) is 18.4 Å². The smallest absolute Gasteiger partial charge is 0.345 e. The van der Waals surface area contributed by atoms with Gasteiger partial charge in [0.2, 0.25) is 5.72 Å². The third kappa shape index (κ3) is 6.57. The van der Waals surface area contributed by atoms with Crippen LogP contribution in [0.5, 0.6) is 0 Å². The van der Waals surface area contributed by atoms with Crippen molar-refractivity contribution in [2.24, 2.45) is 0 Å². The van der Waals surface area contributed by atoms with E-state index < -0.39 is 11.7 Å². The van der Waals surface area contributed by atoms with E-state index in [-0.39, 0.29) is 6.54 Å². The fourth-order valence-corrected chi connectivity index (χ4v) is 5.12. The average Bonchev–Trinajstić information content (AvgIpc) is 2.91. The lowest BCUT2D eigenvalue weighted by Gasteiger charge is -2.34. The molecule has 0 aromatic rings. The van der Waals surface area contributed by atoms with Gasteiger partial charge in [-0.05, 0) is 20.3 Å². The minimum atomic E-state index is -0.935. The lowest BCUT2D eigenvalue weighted by atomic mass is 9.96. The number of amidine groups is 1. The lowest BCUT2D eigenvalue weighted by molar-refractivity contribution is -0.530. The van der Waals surface area contributed by atoms with E-state index in [0.717, 1.165) is 55.8 Å². The molecule has 0 fully saturated rings. The number of rotatable bonds is 15. The van der Waals surface area contributed by atoms with Crippen molar-refractivity contribution in [2.75, 3.05) is 19.6 Å². The van der Waals surface area contributed by atoms with Gasteiger partial charge in [0.05, 0.1) is 13.1 Å². The summed E-state index contributed by atoms with van der Waals surface area (Å²) in [5.41, 5.74) is 1.12. The average molecular weight is 422 g/mol. The highest BCUT2D eigenvalue weighted by Gasteiger charge is 2.53. The van der Waals surface area contributed by atoms with E-state index in [0.29, 0.717) is 0 Å². The molecule has 172 valence electrons. The molecule has 1 unspecified atom stereocenters. The Morgan fingerprint density at radius 2 is 1.50 bits per heavy atom. The first-order valence-electron chi connectivity index (χ1n) is 12.4. The quantitative estimate of drug-likeness (QED) is 0.277. The van der Waals surface area contributed by atoms with Crippen molar-refractivity contribution in [3.05, 3.63) is 11.1 Å². The molecule has 0 aromatic heterocycles. The predicted molar refractivity (Wildman–Crippen MR) is 123 cm³/mol. The molecule has 0 bridgehead atoms. The van der Waals surface area contributed by atoms with E-state index >= 15 is 0 Å². The number of hydrogen-bond acceptors (Lipinski definition) is 3. The largest absolute Gasteiger partial charge is 0.478 e. The molecule has 0 aliphatic carbocycles. The van der Waals surface area contributed by atoms with Crippen molar-refractivity contribution in [3.8, 4) is 0 Å². The molecule has 1 atom stereocenters. The molecule has 0 radical (unpaired) electrons. The summed E-state index contributed by atoms with van der Waals surface area (Å²) in [6, 6.07) is 0. The molecule has 0 amide bonds. The van der Waals surface area contributed by atoms with Gasteiger partial charge in [0.15, 0.2) is 6.54 Å². The highest BCUT2D eigenvalue weighted by molar-refractivity contribution is 5.99. The Balaban J connectivity index is 1.72. The normalized spacial score (nSPS) is 21.5. The van der Waals surface area contributed by atoms with Gasteiger partial charge in [0.1, 0.15) is 0 Å². The van der Waals surface area contributed by atoms with E-state index in [2.05, 4.69) is 11.8 Å². The molecule has 2 aliphatic heterocycles. The number of unbranched alkanes of at least 4 members (excludes halogenated alkanes) is 11. The van der Waals surface area contributed by atoms with Crippen molar-refractivity contribution >= 4 is 11.8 Å². The zero-order chi connectivity index (χ0) is 22.0. The minimum absolute atomic E-state index is 0.00510. The predicted octanol–water partition coefficient (Wildman–Crippen LogP) is 5.32. The summed E-state index contributed by atoms with van der Waals surface area (Å²) in [4.78, 5) is 13.3. The summed E-state index contributed by atoms with van der Waals surface area (Å²) in [7, 11) is 0. The van der Waals surface area contributed by atoms with Crippen LogP contribution >= 0.6 is 0 Å². The second kappa shape index (κ2) is 12.5. The molecular formula is C25H45N2O3+. The van der Waals surface area contributed by atoms with Gasteiger partial charge in [-0.2, -0.15) is 0 Å². The van der Waals surface area contributed by atoms with E-state index in [4.69, 9.17) is 0 Å². The summed E-state index contributed by atoms with van der Waals surface area (Å²) in [5.74, 6) is 0.119. The number of hydrogen-bond donors (Lipinski definition) is 2. The summed E-state index contributed by atoms with van der Waals surface area (Å²) in [5, 5.41) is 20.8. The van der Waals surface area contributed by atoms with E-state index in [1.165, 1.54) is 64.2 Å². The number of aliphatic carboxylic acids is 1. The Morgan fingerprint density at radius 3 is 2.03 bits per heavy atom. The second-order valence-corrected chi connectivity index (χ2v) is 9.35. The Morgan fingerprint density at radius 1 is 0.967 bits per heavy atom. The first-order valence-corrected chi connectivity index (χ1v) is 12.4. The van der Waals surface area contributed by atoms with Gasteiger partial charge in [-0.3, -0.25) is 4.58 Å². The highest BCUT2D eigenvalue weighted by Crippen LogP contribution is 2.39. The van der Waals surface area contributed by atoms with Gasteiger partial charge < -0.3 is 10.2 Å². The fourth-order valence-electron chi connectivity index (χ4n) is 5.12. The summed E-state index contributed by atoms with van der Waals surface area (Å²) in [6.45, 7) is 7.86. The number of nitrogens with zero attached hydrogens (tertiary/aromatic N) is 2. The molecule has 0 saturated heterocycles. The van der Waals surface area contributed by atoms with Crippen LogP contribution in [0.3, 0.4) is 0 Å². The van der Waals surface area contributed by atoms with Crippen LogP contribution in [0.15, 0.2) is 11.1 Å². The summed E-state index contributed by atoms with van der Waals surface area (Å²) >= 11 is 0. The number of carboxylic acid groups (broad SMARTS) is 1. The van der Waals surface area contributed by atoms with E-state index in [9.17, 15) is 15.0 Å². The minimum Gasteiger partial charge on any atom is -0.478 e.